The highest BCUT2D eigenvalue weighted by Gasteiger charge is 2.25. The monoisotopic (exact) mass is 449 g/mol. The van der Waals surface area contributed by atoms with E-state index < -0.39 is 0 Å². The number of fused-ring (bicyclic) bond motifs is 2. The molecule has 4 aromatic rings. The summed E-state index contributed by atoms with van der Waals surface area (Å²) in [4.78, 5) is 28.9. The van der Waals surface area contributed by atoms with Crippen LogP contribution in [0.5, 0.6) is 11.5 Å². The first kappa shape index (κ1) is 21.0. The minimum absolute atomic E-state index is 0.201. The zero-order valence-electron chi connectivity index (χ0n) is 18.6. The molecule has 5 rings (SSSR count). The van der Waals surface area contributed by atoms with Crippen molar-refractivity contribution in [3.8, 4) is 17.3 Å². The molecule has 2 aromatic carbocycles. The molecule has 0 bridgehead atoms. The highest BCUT2D eigenvalue weighted by molar-refractivity contribution is 6.07. The molecule has 1 aliphatic rings. The number of methoxy groups -OCH3 is 2. The van der Waals surface area contributed by atoms with Crippen LogP contribution in [0.4, 0.5) is 0 Å². The number of benzene rings is 2. The Kier molecular flexibility index (Phi) is 5.26. The minimum atomic E-state index is -0.346. The zero-order chi connectivity index (χ0) is 23.1. The fraction of sp³-hybridized carbons (Fsp3) is 0.292. The Morgan fingerprint density at radius 3 is 2.39 bits per heavy atom. The number of pyridine rings is 1. The highest BCUT2D eigenvalue weighted by Crippen LogP contribution is 2.33. The van der Waals surface area contributed by atoms with E-state index >= 15 is 0 Å². The van der Waals surface area contributed by atoms with Crippen LogP contribution in [-0.4, -0.2) is 61.1 Å². The van der Waals surface area contributed by atoms with Crippen LogP contribution in [0, 0.1) is 6.92 Å². The van der Waals surface area contributed by atoms with Gasteiger partial charge < -0.3 is 23.6 Å². The summed E-state index contributed by atoms with van der Waals surface area (Å²) in [6.45, 7) is 3.82. The summed E-state index contributed by atoms with van der Waals surface area (Å²) >= 11 is 0. The van der Waals surface area contributed by atoms with Gasteiger partial charge in [0.25, 0.3) is 11.5 Å². The molecule has 1 aliphatic heterocycles. The largest absolute Gasteiger partial charge is 0.493 e. The van der Waals surface area contributed by atoms with Crippen molar-refractivity contribution >= 4 is 27.6 Å². The molecule has 3 heterocycles. The van der Waals surface area contributed by atoms with E-state index in [1.54, 1.807) is 23.1 Å². The Bertz CT molecular complexity index is 1430. The van der Waals surface area contributed by atoms with Gasteiger partial charge in [-0.2, -0.15) is 0 Å². The zero-order valence-corrected chi connectivity index (χ0v) is 18.6. The Morgan fingerprint density at radius 2 is 1.70 bits per heavy atom. The van der Waals surface area contributed by atoms with Gasteiger partial charge in [-0.25, -0.2) is 0 Å². The number of carbonyl (C=O) groups excluding carboxylic acids is 1. The lowest BCUT2D eigenvalue weighted by Crippen LogP contribution is -2.41. The van der Waals surface area contributed by atoms with Gasteiger partial charge in [0, 0.05) is 24.7 Å². The van der Waals surface area contributed by atoms with E-state index in [0.717, 1.165) is 5.56 Å². The second-order valence-corrected chi connectivity index (χ2v) is 7.88. The summed E-state index contributed by atoms with van der Waals surface area (Å²) in [7, 11) is 3.01. The first-order valence-corrected chi connectivity index (χ1v) is 10.6. The number of hydrogen-bond acceptors (Lipinski definition) is 7. The third-order valence-corrected chi connectivity index (χ3v) is 5.88. The number of hydrogen-bond donors (Lipinski definition) is 0. The molecule has 1 saturated heterocycles. The average Bonchev–Trinajstić information content (AvgIpc) is 3.26. The fourth-order valence-electron chi connectivity index (χ4n) is 4.14. The predicted molar refractivity (Wildman–Crippen MR) is 122 cm³/mol. The molecule has 1 fully saturated rings. The van der Waals surface area contributed by atoms with E-state index in [4.69, 9.17) is 18.7 Å². The van der Waals surface area contributed by atoms with Crippen LogP contribution >= 0.6 is 0 Å². The summed E-state index contributed by atoms with van der Waals surface area (Å²) in [5.41, 5.74) is 1.56. The van der Waals surface area contributed by atoms with Gasteiger partial charge in [-0.05, 0) is 31.2 Å². The standard InChI is InChI=1S/C24H23N3O6/c1-14-4-5-19-17(10-14)22(25-33-19)27-13-18(23(28)26-6-8-32-9-7-26)15-11-20(30-2)21(31-3)12-16(15)24(27)29/h4-5,10-13H,6-9H2,1-3H3. The molecule has 0 aliphatic carbocycles. The van der Waals surface area contributed by atoms with Crippen molar-refractivity contribution in [1.29, 1.82) is 0 Å². The van der Waals surface area contributed by atoms with Gasteiger partial charge >= 0.3 is 0 Å². The number of aryl methyl sites for hydroxylation is 1. The molecule has 0 radical (unpaired) electrons. The molecule has 2 aromatic heterocycles. The molecule has 0 atom stereocenters. The lowest BCUT2D eigenvalue weighted by Gasteiger charge is -2.27. The molecule has 9 nitrogen and oxygen atoms in total. The molecular formula is C24H23N3O6. The maximum atomic E-state index is 13.6. The van der Waals surface area contributed by atoms with E-state index in [1.165, 1.54) is 25.0 Å². The summed E-state index contributed by atoms with van der Waals surface area (Å²) in [5, 5.41) is 5.63. The maximum Gasteiger partial charge on any atom is 0.264 e. The van der Waals surface area contributed by atoms with E-state index in [9.17, 15) is 9.59 Å². The Balaban J connectivity index is 1.81. The molecule has 170 valence electrons. The van der Waals surface area contributed by atoms with Gasteiger partial charge in [-0.15, -0.1) is 0 Å². The minimum Gasteiger partial charge on any atom is -0.493 e. The number of morpholine rings is 1. The van der Waals surface area contributed by atoms with Crippen LogP contribution in [0.3, 0.4) is 0 Å². The van der Waals surface area contributed by atoms with Crippen molar-refractivity contribution in [2.45, 2.75) is 6.92 Å². The smallest absolute Gasteiger partial charge is 0.264 e. The van der Waals surface area contributed by atoms with Crippen molar-refractivity contribution in [1.82, 2.24) is 14.6 Å². The highest BCUT2D eigenvalue weighted by atomic mass is 16.5. The van der Waals surface area contributed by atoms with Crippen LogP contribution in [-0.2, 0) is 4.74 Å². The Hall–Kier alpha value is -3.85. The number of carbonyl (C=O) groups is 1. The molecular weight excluding hydrogens is 426 g/mol. The third-order valence-electron chi connectivity index (χ3n) is 5.88. The number of amides is 1. The molecule has 33 heavy (non-hydrogen) atoms. The van der Waals surface area contributed by atoms with E-state index in [1.807, 2.05) is 19.1 Å². The third kappa shape index (κ3) is 3.50. The molecule has 0 unspecified atom stereocenters. The normalized spacial score (nSPS) is 14.1. The van der Waals surface area contributed by atoms with Gasteiger partial charge in [0.2, 0.25) is 0 Å². The van der Waals surface area contributed by atoms with Crippen molar-refractivity contribution < 1.29 is 23.5 Å². The second kappa shape index (κ2) is 8.25. The van der Waals surface area contributed by atoms with Gasteiger partial charge in [0.1, 0.15) is 0 Å². The van der Waals surface area contributed by atoms with Gasteiger partial charge in [0.15, 0.2) is 22.9 Å². The van der Waals surface area contributed by atoms with Crippen LogP contribution < -0.4 is 15.0 Å². The van der Waals surface area contributed by atoms with Gasteiger partial charge in [-0.1, -0.05) is 16.8 Å². The maximum absolute atomic E-state index is 13.6. The van der Waals surface area contributed by atoms with E-state index in [0.29, 0.717) is 70.9 Å². The summed E-state index contributed by atoms with van der Waals surface area (Å²) < 4.78 is 23.1. The first-order chi connectivity index (χ1) is 16.0. The number of ether oxygens (including phenoxy) is 3. The van der Waals surface area contributed by atoms with Crippen molar-refractivity contribution in [2.75, 3.05) is 40.5 Å². The summed E-state index contributed by atoms with van der Waals surface area (Å²) in [6, 6.07) is 8.87. The SMILES string of the molecule is COc1cc2c(C(=O)N3CCOCC3)cn(-c3noc4ccc(C)cc34)c(=O)c2cc1OC. The van der Waals surface area contributed by atoms with Gasteiger partial charge in [-0.3, -0.25) is 14.2 Å². The van der Waals surface area contributed by atoms with E-state index in [2.05, 4.69) is 5.16 Å². The topological polar surface area (TPSA) is 96.0 Å². The van der Waals surface area contributed by atoms with Gasteiger partial charge in [0.05, 0.1) is 43.8 Å². The quantitative estimate of drug-likeness (QED) is 0.473. The number of aromatic nitrogens is 2. The number of nitrogens with zero attached hydrogens (tertiary/aromatic N) is 3. The average molecular weight is 449 g/mol. The summed E-state index contributed by atoms with van der Waals surface area (Å²) in [5.74, 6) is 0.950. The van der Waals surface area contributed by atoms with Crippen molar-refractivity contribution in [3.05, 3.63) is 58.0 Å². The van der Waals surface area contributed by atoms with Crippen molar-refractivity contribution in [2.24, 2.45) is 0 Å². The predicted octanol–water partition coefficient (Wildman–Crippen LogP) is 2.93. The Morgan fingerprint density at radius 1 is 1.00 bits per heavy atom. The summed E-state index contributed by atoms with van der Waals surface area (Å²) in [6.07, 6.45) is 1.54. The molecule has 0 N–H and O–H groups in total. The van der Waals surface area contributed by atoms with Crippen LogP contribution in [0.25, 0.3) is 27.6 Å². The van der Waals surface area contributed by atoms with Crippen LogP contribution in [0.1, 0.15) is 15.9 Å². The Labute approximate surface area is 189 Å². The molecule has 1 amide bonds. The molecule has 0 saturated carbocycles. The number of rotatable bonds is 4. The first-order valence-electron chi connectivity index (χ1n) is 10.6. The fourth-order valence-corrected chi connectivity index (χ4v) is 4.14. The van der Waals surface area contributed by atoms with Crippen LogP contribution in [0.2, 0.25) is 0 Å². The van der Waals surface area contributed by atoms with Crippen molar-refractivity contribution in [3.63, 3.8) is 0 Å². The second-order valence-electron chi connectivity index (χ2n) is 7.88. The lowest BCUT2D eigenvalue weighted by atomic mass is 10.0. The lowest BCUT2D eigenvalue weighted by molar-refractivity contribution is 0.0304. The molecule has 9 heteroatoms. The van der Waals surface area contributed by atoms with E-state index in [-0.39, 0.29) is 11.5 Å². The van der Waals surface area contributed by atoms with Crippen LogP contribution in [0.15, 0.2) is 45.8 Å². The molecule has 0 spiro atoms.